The van der Waals surface area contributed by atoms with Crippen LogP contribution in [0.15, 0.2) is 44.7 Å². The van der Waals surface area contributed by atoms with Crippen molar-refractivity contribution in [3.63, 3.8) is 0 Å². The first-order valence-electron chi connectivity index (χ1n) is 4.55. The molecule has 0 bridgehead atoms. The molecule has 2 rings (SSSR count). The molecule has 0 fully saturated rings. The Morgan fingerprint density at radius 1 is 1.25 bits per heavy atom. The summed E-state index contributed by atoms with van der Waals surface area (Å²) in [4.78, 5) is 3.93. The summed E-state index contributed by atoms with van der Waals surface area (Å²) in [6.45, 7) is 1.54. The first-order chi connectivity index (χ1) is 7.51. The Labute approximate surface area is 92.8 Å². The second kappa shape index (κ2) is 3.64. The zero-order valence-corrected chi connectivity index (χ0v) is 9.36. The van der Waals surface area contributed by atoms with Gasteiger partial charge < -0.3 is 10.2 Å². The molecule has 1 aromatic heterocycles. The van der Waals surface area contributed by atoms with Crippen LogP contribution in [-0.4, -0.2) is 13.4 Å². The van der Waals surface area contributed by atoms with E-state index >= 15 is 0 Å². The number of hydrogen-bond acceptors (Lipinski definition) is 5. The van der Waals surface area contributed by atoms with Gasteiger partial charge in [-0.1, -0.05) is 18.2 Å². The van der Waals surface area contributed by atoms with Gasteiger partial charge in [-0.05, 0) is 12.1 Å². The third kappa shape index (κ3) is 1.67. The average Bonchev–Trinajstić information content (AvgIpc) is 2.60. The van der Waals surface area contributed by atoms with Gasteiger partial charge in [0.25, 0.3) is 0 Å². The lowest BCUT2D eigenvalue weighted by molar-refractivity contribution is 0.538. The van der Waals surface area contributed by atoms with Gasteiger partial charge >= 0.3 is 0 Å². The minimum absolute atomic E-state index is 0.148. The van der Waals surface area contributed by atoms with Crippen LogP contribution >= 0.6 is 0 Å². The first kappa shape index (κ1) is 10.7. The van der Waals surface area contributed by atoms with E-state index < -0.39 is 9.84 Å². The quantitative estimate of drug-likeness (QED) is 0.854. The van der Waals surface area contributed by atoms with Crippen LogP contribution < -0.4 is 5.73 Å². The van der Waals surface area contributed by atoms with Crippen molar-refractivity contribution in [2.24, 2.45) is 0 Å². The molecular formula is C10H10N2O3S. The lowest BCUT2D eigenvalue weighted by Gasteiger charge is -2.00. The Hall–Kier alpha value is -1.82. The van der Waals surface area contributed by atoms with E-state index in [-0.39, 0.29) is 21.7 Å². The zero-order chi connectivity index (χ0) is 11.8. The fourth-order valence-electron chi connectivity index (χ4n) is 1.33. The van der Waals surface area contributed by atoms with Crippen molar-refractivity contribution >= 4 is 15.7 Å². The number of nitrogen functional groups attached to an aromatic ring is 1. The highest BCUT2D eigenvalue weighted by Gasteiger charge is 2.25. The zero-order valence-electron chi connectivity index (χ0n) is 8.54. The maximum absolute atomic E-state index is 12.1. The van der Waals surface area contributed by atoms with Gasteiger partial charge in [0.2, 0.25) is 20.7 Å². The van der Waals surface area contributed by atoms with Crippen molar-refractivity contribution in [3.8, 4) is 0 Å². The van der Waals surface area contributed by atoms with Gasteiger partial charge in [-0.25, -0.2) is 8.42 Å². The number of benzene rings is 1. The Balaban J connectivity index is 2.61. The van der Waals surface area contributed by atoms with Crippen LogP contribution in [-0.2, 0) is 9.84 Å². The molecule has 16 heavy (non-hydrogen) atoms. The molecule has 84 valence electrons. The summed E-state index contributed by atoms with van der Waals surface area (Å²) < 4.78 is 29.0. The maximum atomic E-state index is 12.1. The van der Waals surface area contributed by atoms with E-state index in [0.717, 1.165) is 0 Å². The Morgan fingerprint density at radius 3 is 2.38 bits per heavy atom. The highest BCUT2D eigenvalue weighted by molar-refractivity contribution is 7.91. The average molecular weight is 238 g/mol. The van der Waals surface area contributed by atoms with Gasteiger partial charge in [-0.3, -0.25) is 0 Å². The number of hydrogen-bond donors (Lipinski definition) is 1. The lowest BCUT2D eigenvalue weighted by Crippen LogP contribution is -2.04. The highest BCUT2D eigenvalue weighted by atomic mass is 32.2. The van der Waals surface area contributed by atoms with Crippen LogP contribution in [0.25, 0.3) is 0 Å². The molecule has 0 aliphatic heterocycles. The molecule has 2 N–H and O–H groups in total. The normalized spacial score (nSPS) is 11.6. The molecule has 0 saturated heterocycles. The van der Waals surface area contributed by atoms with Crippen LogP contribution in [0.2, 0.25) is 0 Å². The van der Waals surface area contributed by atoms with Gasteiger partial charge in [0, 0.05) is 6.92 Å². The molecule has 0 aliphatic rings. The Bertz CT molecular complexity index is 602. The van der Waals surface area contributed by atoms with E-state index in [1.807, 2.05) is 0 Å². The van der Waals surface area contributed by atoms with Crippen molar-refractivity contribution in [1.82, 2.24) is 4.98 Å². The van der Waals surface area contributed by atoms with Gasteiger partial charge in [-0.2, -0.15) is 4.98 Å². The summed E-state index contributed by atoms with van der Waals surface area (Å²) in [5.74, 6) is 0.0494. The van der Waals surface area contributed by atoms with Gasteiger partial charge in [0.15, 0.2) is 5.89 Å². The maximum Gasteiger partial charge on any atom is 0.230 e. The number of anilines is 1. The number of oxazole rings is 1. The van der Waals surface area contributed by atoms with E-state index in [1.165, 1.54) is 12.1 Å². The molecule has 0 saturated carbocycles. The van der Waals surface area contributed by atoms with Crippen LogP contribution in [0, 0.1) is 6.92 Å². The van der Waals surface area contributed by atoms with Crippen LogP contribution in [0.3, 0.4) is 0 Å². The third-order valence-electron chi connectivity index (χ3n) is 2.04. The van der Waals surface area contributed by atoms with Crippen LogP contribution in [0.5, 0.6) is 0 Å². The molecule has 5 nitrogen and oxygen atoms in total. The molecular weight excluding hydrogens is 228 g/mol. The van der Waals surface area contributed by atoms with E-state index in [9.17, 15) is 8.42 Å². The van der Waals surface area contributed by atoms with E-state index in [1.54, 1.807) is 25.1 Å². The monoisotopic (exact) mass is 238 g/mol. The summed E-state index contributed by atoms with van der Waals surface area (Å²) in [6, 6.07) is 7.97. The van der Waals surface area contributed by atoms with Crippen molar-refractivity contribution in [3.05, 3.63) is 36.2 Å². The van der Waals surface area contributed by atoms with Crippen molar-refractivity contribution in [2.75, 3.05) is 5.73 Å². The van der Waals surface area contributed by atoms with Crippen molar-refractivity contribution in [1.29, 1.82) is 0 Å². The van der Waals surface area contributed by atoms with Crippen molar-refractivity contribution in [2.45, 2.75) is 16.8 Å². The van der Waals surface area contributed by atoms with Gasteiger partial charge in [0.1, 0.15) is 0 Å². The molecule has 1 heterocycles. The van der Waals surface area contributed by atoms with E-state index in [4.69, 9.17) is 10.2 Å². The van der Waals surface area contributed by atoms with Crippen LogP contribution in [0.1, 0.15) is 5.89 Å². The number of nitrogens with zero attached hydrogens (tertiary/aromatic N) is 1. The summed E-state index contributed by atoms with van der Waals surface area (Å²) in [6.07, 6.45) is 0. The topological polar surface area (TPSA) is 86.2 Å². The van der Waals surface area contributed by atoms with Crippen molar-refractivity contribution < 1.29 is 12.8 Å². The van der Waals surface area contributed by atoms with E-state index in [2.05, 4.69) is 4.98 Å². The summed E-state index contributed by atoms with van der Waals surface area (Å²) in [7, 11) is -3.68. The third-order valence-corrected chi connectivity index (χ3v) is 3.73. The molecule has 0 atom stereocenters. The minimum Gasteiger partial charge on any atom is -0.424 e. The summed E-state index contributed by atoms with van der Waals surface area (Å²) in [5, 5.41) is -0.226. The number of sulfone groups is 1. The van der Waals surface area contributed by atoms with Gasteiger partial charge in [0.05, 0.1) is 4.90 Å². The number of nitrogens with two attached hydrogens (primary N) is 1. The number of aryl methyl sites for hydroxylation is 1. The standard InChI is InChI=1S/C10H10N2O3S/c1-7-12-10(9(11)15-7)16(13,14)8-5-3-2-4-6-8/h2-6H,11H2,1H3. The highest BCUT2D eigenvalue weighted by Crippen LogP contribution is 2.25. The molecule has 6 heteroatoms. The van der Waals surface area contributed by atoms with E-state index in [0.29, 0.717) is 0 Å². The lowest BCUT2D eigenvalue weighted by atomic mass is 10.4. The summed E-state index contributed by atoms with van der Waals surface area (Å²) >= 11 is 0. The molecule has 0 unspecified atom stereocenters. The molecule has 2 aromatic rings. The fourth-order valence-corrected chi connectivity index (χ4v) is 2.62. The first-order valence-corrected chi connectivity index (χ1v) is 6.03. The predicted octanol–water partition coefficient (Wildman–Crippen LogP) is 1.40. The molecule has 0 amide bonds. The number of rotatable bonds is 2. The van der Waals surface area contributed by atoms with Crippen LogP contribution in [0.4, 0.5) is 5.88 Å². The largest absolute Gasteiger partial charge is 0.424 e. The molecule has 0 radical (unpaired) electrons. The molecule has 1 aromatic carbocycles. The molecule has 0 spiro atoms. The smallest absolute Gasteiger partial charge is 0.230 e. The molecule has 0 aliphatic carbocycles. The predicted molar refractivity (Wildman–Crippen MR) is 57.5 cm³/mol. The summed E-state index contributed by atoms with van der Waals surface area (Å²) in [5.41, 5.74) is 5.46. The Morgan fingerprint density at radius 2 is 1.88 bits per heavy atom. The number of aromatic nitrogens is 1. The van der Waals surface area contributed by atoms with Gasteiger partial charge in [-0.15, -0.1) is 0 Å². The minimum atomic E-state index is -3.68. The second-order valence-corrected chi connectivity index (χ2v) is 5.08. The SMILES string of the molecule is Cc1nc(S(=O)(=O)c2ccccc2)c(N)o1. The Kier molecular flexibility index (Phi) is 2.43. The fraction of sp³-hybridized carbons (Fsp3) is 0.100. The second-order valence-electron chi connectivity index (χ2n) is 3.22.